The molecule has 0 aromatic carbocycles. The molecule has 0 aliphatic heterocycles. The molecule has 0 aliphatic carbocycles. The molecule has 0 unspecified atom stereocenters. The van der Waals surface area contributed by atoms with Gasteiger partial charge < -0.3 is 5.11 Å². The molecule has 0 bridgehead atoms. The van der Waals surface area contributed by atoms with Gasteiger partial charge in [-0.3, -0.25) is 4.79 Å². The molecule has 38 valence electrons. The topological polar surface area (TPSA) is 41.7 Å². The van der Waals surface area contributed by atoms with Crippen molar-refractivity contribution < 1.29 is 9.90 Å². The van der Waals surface area contributed by atoms with Gasteiger partial charge in [-0.1, -0.05) is 4.85 Å². The third-order valence-electron chi connectivity index (χ3n) is 0.388. The van der Waals surface area contributed by atoms with E-state index in [0.717, 1.165) is 0 Å². The summed E-state index contributed by atoms with van der Waals surface area (Å²) in [4.78, 5) is 13.0. The normalized spacial score (nSPS) is 6.43. The lowest BCUT2D eigenvalue weighted by Crippen LogP contribution is -1.89. The third-order valence-corrected chi connectivity index (χ3v) is 0.388. The lowest BCUT2D eigenvalue weighted by Gasteiger charge is -1.67. The number of nitrogens with zero attached hydrogens (tertiary/aromatic N) is 1. The lowest BCUT2D eigenvalue weighted by atomic mass is 10.5. The fraction of sp³-hybridized carbons (Fsp3) is 0.500. The molecule has 0 aromatic heterocycles. The van der Waals surface area contributed by atoms with E-state index in [0.29, 0.717) is 0 Å². The Kier molecular flexibility index (Phi) is 2.69. The summed E-state index contributed by atoms with van der Waals surface area (Å²) < 4.78 is 0. The van der Waals surface area contributed by atoms with Crippen LogP contribution < -0.4 is 0 Å². The summed E-state index contributed by atoms with van der Waals surface area (Å²) in [5, 5.41) is 7.92. The van der Waals surface area contributed by atoms with Crippen LogP contribution in [-0.2, 0) is 4.79 Å². The molecule has 0 aromatic rings. The summed E-state index contributed by atoms with van der Waals surface area (Å²) in [5.41, 5.74) is 0. The molecule has 0 rings (SSSR count). The van der Waals surface area contributed by atoms with Crippen molar-refractivity contribution in [1.29, 1.82) is 0 Å². The number of hydrogen-bond acceptors (Lipinski definition) is 1. The van der Waals surface area contributed by atoms with Gasteiger partial charge in [0.1, 0.15) is 0 Å². The van der Waals surface area contributed by atoms with E-state index in [1.165, 1.54) is 7.05 Å². The smallest absolute Gasteiger partial charge is 0.322 e. The largest absolute Gasteiger partial charge is 0.480 e. The molecule has 0 spiro atoms. The summed E-state index contributed by atoms with van der Waals surface area (Å²) in [6.07, 6.45) is -0.101. The minimum atomic E-state index is -0.898. The Morgan fingerprint density at radius 1 is 2.00 bits per heavy atom. The Morgan fingerprint density at radius 3 is 2.71 bits per heavy atom. The first-order valence-corrected chi connectivity index (χ1v) is 1.81. The number of carbonyl (C=O) groups is 1. The molecule has 3 nitrogen and oxygen atoms in total. The average molecular weight is 100 g/mol. The van der Waals surface area contributed by atoms with Crippen LogP contribution in [0.5, 0.6) is 0 Å². The Bertz CT molecular complexity index is 119. The number of hydrogen-bond donors (Lipinski definition) is 1. The Hall–Kier alpha value is -1.04. The van der Waals surface area contributed by atoms with Crippen molar-refractivity contribution in [3.63, 3.8) is 0 Å². The summed E-state index contributed by atoms with van der Waals surface area (Å²) in [6.45, 7) is 0. The van der Waals surface area contributed by atoms with Gasteiger partial charge in [0, 0.05) is 0 Å². The van der Waals surface area contributed by atoms with Crippen LogP contribution in [0.4, 0.5) is 0 Å². The first kappa shape index (κ1) is 5.96. The van der Waals surface area contributed by atoms with Gasteiger partial charge in [0.25, 0.3) is 13.1 Å². The van der Waals surface area contributed by atoms with E-state index in [4.69, 9.17) is 5.11 Å². The van der Waals surface area contributed by atoms with E-state index in [-0.39, 0.29) is 6.42 Å². The van der Waals surface area contributed by atoms with Crippen LogP contribution >= 0.6 is 0 Å². The van der Waals surface area contributed by atoms with Gasteiger partial charge >= 0.3 is 5.97 Å². The zero-order valence-corrected chi connectivity index (χ0v) is 4.01. The van der Waals surface area contributed by atoms with Crippen LogP contribution in [0.25, 0.3) is 4.85 Å². The molecule has 0 radical (unpaired) electrons. The fourth-order valence-corrected chi connectivity index (χ4v) is 0.147. The minimum absolute atomic E-state index is 0.101. The summed E-state index contributed by atoms with van der Waals surface area (Å²) >= 11 is 0. The van der Waals surface area contributed by atoms with Gasteiger partial charge in [0.05, 0.1) is 0 Å². The second-order valence-electron chi connectivity index (χ2n) is 0.952. The predicted octanol–water partition coefficient (Wildman–Crippen LogP) is 0.424. The summed E-state index contributed by atoms with van der Waals surface area (Å²) in [5.74, 6) is -0.898. The summed E-state index contributed by atoms with van der Waals surface area (Å²) in [7, 11) is 1.49. The van der Waals surface area contributed by atoms with Crippen LogP contribution in [-0.4, -0.2) is 18.1 Å². The highest BCUT2D eigenvalue weighted by atomic mass is 16.4. The molecule has 3 heteroatoms. The zero-order chi connectivity index (χ0) is 5.70. The molecule has 0 fully saturated rings. The molecule has 1 N–H and O–H groups in total. The number of aliphatic carboxylic acids is 1. The third kappa shape index (κ3) is 4.96. The predicted molar refractivity (Wildman–Crippen MR) is 25.4 cm³/mol. The standard InChI is InChI=1S/C4H5NO2/c1-5-3-2-4(6)7/h2H2,1H3/p+1. The molecule has 7 heavy (non-hydrogen) atoms. The number of carboxylic acid groups (broad SMARTS) is 1. The molecule has 0 amide bonds. The van der Waals surface area contributed by atoms with E-state index in [2.05, 4.69) is 10.9 Å². The molecular weight excluding hydrogens is 94.0 g/mol. The fourth-order valence-electron chi connectivity index (χ4n) is 0.147. The van der Waals surface area contributed by atoms with Crippen LogP contribution in [0.15, 0.2) is 0 Å². The van der Waals surface area contributed by atoms with E-state index in [9.17, 15) is 4.79 Å². The van der Waals surface area contributed by atoms with Crippen molar-refractivity contribution in [3.8, 4) is 6.07 Å². The Labute approximate surface area is 41.4 Å². The van der Waals surface area contributed by atoms with E-state index in [1.54, 1.807) is 0 Å². The zero-order valence-electron chi connectivity index (χ0n) is 4.01. The van der Waals surface area contributed by atoms with Gasteiger partial charge in [-0.05, 0) is 0 Å². The number of carboxylic acids is 1. The van der Waals surface area contributed by atoms with E-state index >= 15 is 0 Å². The Morgan fingerprint density at radius 2 is 2.57 bits per heavy atom. The maximum atomic E-state index is 9.64. The maximum Gasteiger partial charge on any atom is 0.322 e. The first-order valence-electron chi connectivity index (χ1n) is 1.81. The van der Waals surface area contributed by atoms with Gasteiger partial charge in [0.2, 0.25) is 0 Å². The average Bonchev–Trinajstić information content (AvgIpc) is 1.61. The van der Waals surface area contributed by atoms with Gasteiger partial charge in [-0.15, -0.1) is 0 Å². The van der Waals surface area contributed by atoms with Crippen LogP contribution in [0.1, 0.15) is 6.42 Å². The molecule has 0 atom stereocenters. The highest BCUT2D eigenvalue weighted by molar-refractivity contribution is 5.69. The molecule has 0 aliphatic rings. The number of rotatable bonds is 1. The monoisotopic (exact) mass is 100 g/mol. The SMILES string of the molecule is C[N+]#CCC(=O)O. The van der Waals surface area contributed by atoms with E-state index < -0.39 is 5.97 Å². The van der Waals surface area contributed by atoms with Crippen LogP contribution in [0, 0.1) is 6.07 Å². The lowest BCUT2D eigenvalue weighted by molar-refractivity contribution is -0.135. The molecule has 0 saturated carbocycles. The first-order chi connectivity index (χ1) is 3.27. The van der Waals surface area contributed by atoms with Crippen molar-refractivity contribution >= 4 is 5.97 Å². The van der Waals surface area contributed by atoms with Gasteiger partial charge in [0.15, 0.2) is 6.42 Å². The van der Waals surface area contributed by atoms with Crippen molar-refractivity contribution in [2.45, 2.75) is 6.42 Å². The minimum Gasteiger partial charge on any atom is -0.480 e. The highest BCUT2D eigenvalue weighted by Crippen LogP contribution is 1.71. The molecule has 0 heterocycles. The van der Waals surface area contributed by atoms with Gasteiger partial charge in [-0.2, -0.15) is 0 Å². The van der Waals surface area contributed by atoms with Crippen LogP contribution in [0.3, 0.4) is 0 Å². The highest BCUT2D eigenvalue weighted by Gasteiger charge is 1.93. The quantitative estimate of drug-likeness (QED) is 0.519. The van der Waals surface area contributed by atoms with Crippen molar-refractivity contribution in [2.75, 3.05) is 7.05 Å². The van der Waals surface area contributed by atoms with E-state index in [1.807, 2.05) is 0 Å². The van der Waals surface area contributed by atoms with Gasteiger partial charge in [-0.25, -0.2) is 0 Å². The van der Waals surface area contributed by atoms with Crippen molar-refractivity contribution in [1.82, 2.24) is 0 Å². The van der Waals surface area contributed by atoms with Crippen molar-refractivity contribution in [2.24, 2.45) is 0 Å². The maximum absolute atomic E-state index is 9.64. The second kappa shape index (κ2) is 3.16. The van der Waals surface area contributed by atoms with Crippen molar-refractivity contribution in [3.05, 3.63) is 4.85 Å². The summed E-state index contributed by atoms with van der Waals surface area (Å²) in [6, 6.07) is 2.27. The molecular formula is C4H6NO2+. The molecule has 0 saturated heterocycles. The van der Waals surface area contributed by atoms with Crippen LogP contribution in [0.2, 0.25) is 0 Å². The second-order valence-corrected chi connectivity index (χ2v) is 0.952. The Balaban J connectivity index is 3.26.